The molecule has 1 saturated heterocycles. The molecule has 25 heavy (non-hydrogen) atoms. The smallest absolute Gasteiger partial charge is 0.251 e. The van der Waals surface area contributed by atoms with Gasteiger partial charge >= 0.3 is 0 Å². The molecule has 0 bridgehead atoms. The average Bonchev–Trinajstić information content (AvgIpc) is 3.16. The second-order valence-electron chi connectivity index (χ2n) is 6.35. The lowest BCUT2D eigenvalue weighted by atomic mass is 10.1. The van der Waals surface area contributed by atoms with Crippen molar-refractivity contribution in [1.82, 2.24) is 5.32 Å². The lowest BCUT2D eigenvalue weighted by Crippen LogP contribution is -2.25. The molecule has 0 saturated carbocycles. The first kappa shape index (κ1) is 17.4. The highest BCUT2D eigenvalue weighted by molar-refractivity contribution is 5.94. The molecule has 2 aromatic carbocycles. The first-order chi connectivity index (χ1) is 12.1. The van der Waals surface area contributed by atoms with Crippen LogP contribution in [0.2, 0.25) is 0 Å². The number of aryl methyl sites for hydroxylation is 1. The number of hydrogen-bond donors (Lipinski definition) is 1. The Hall–Kier alpha value is -2.43. The fraction of sp³-hybridized carbons (Fsp3) is 0.350. The topological polar surface area (TPSA) is 32.3 Å². The molecule has 1 amide bonds. The summed E-state index contributed by atoms with van der Waals surface area (Å²) in [7, 11) is 0. The van der Waals surface area contributed by atoms with Crippen molar-refractivity contribution in [2.24, 2.45) is 0 Å². The predicted molar refractivity (Wildman–Crippen MR) is 94.9 cm³/mol. The molecular formula is C20H22F2N2O. The minimum absolute atomic E-state index is 0.133. The summed E-state index contributed by atoms with van der Waals surface area (Å²) in [5.41, 5.74) is 2.63. The standard InChI is InChI=1S/C20H22F2N2O/c21-18-10-7-16(14-19(18)22)20(25)23-11-3-4-15-5-8-17(9-6-15)24-12-1-2-13-24/h5-10,14H,1-4,11-13H2,(H,23,25). The van der Waals surface area contributed by atoms with E-state index >= 15 is 0 Å². The molecule has 0 spiro atoms. The van der Waals surface area contributed by atoms with E-state index in [9.17, 15) is 13.6 Å². The number of amides is 1. The van der Waals surface area contributed by atoms with Crippen LogP contribution < -0.4 is 10.2 Å². The largest absolute Gasteiger partial charge is 0.372 e. The van der Waals surface area contributed by atoms with Gasteiger partial charge in [0, 0.05) is 30.9 Å². The van der Waals surface area contributed by atoms with Gasteiger partial charge in [0.05, 0.1) is 0 Å². The third-order valence-electron chi connectivity index (χ3n) is 4.52. The molecule has 1 heterocycles. The van der Waals surface area contributed by atoms with Crippen LogP contribution in [0.4, 0.5) is 14.5 Å². The van der Waals surface area contributed by atoms with E-state index in [-0.39, 0.29) is 11.5 Å². The highest BCUT2D eigenvalue weighted by Gasteiger charge is 2.12. The van der Waals surface area contributed by atoms with Gasteiger partial charge in [-0.05, 0) is 61.6 Å². The van der Waals surface area contributed by atoms with Crippen LogP contribution in [0.5, 0.6) is 0 Å². The van der Waals surface area contributed by atoms with Crippen LogP contribution in [0.3, 0.4) is 0 Å². The first-order valence-corrected chi connectivity index (χ1v) is 8.70. The lowest BCUT2D eigenvalue weighted by Gasteiger charge is -2.17. The SMILES string of the molecule is O=C(NCCCc1ccc(N2CCCC2)cc1)c1ccc(F)c(F)c1. The second-order valence-corrected chi connectivity index (χ2v) is 6.35. The molecule has 1 aliphatic rings. The second kappa shape index (κ2) is 8.10. The van der Waals surface area contributed by atoms with E-state index in [1.54, 1.807) is 0 Å². The summed E-state index contributed by atoms with van der Waals surface area (Å²) in [6.07, 6.45) is 4.18. The Labute approximate surface area is 146 Å². The maximum Gasteiger partial charge on any atom is 0.251 e. The van der Waals surface area contributed by atoms with E-state index in [1.807, 2.05) is 0 Å². The number of halogens is 2. The van der Waals surface area contributed by atoms with Crippen LogP contribution in [0.15, 0.2) is 42.5 Å². The Morgan fingerprint density at radius 1 is 1.00 bits per heavy atom. The molecule has 0 unspecified atom stereocenters. The lowest BCUT2D eigenvalue weighted by molar-refractivity contribution is 0.0952. The van der Waals surface area contributed by atoms with E-state index in [4.69, 9.17) is 0 Å². The summed E-state index contributed by atoms with van der Waals surface area (Å²) < 4.78 is 26.0. The number of nitrogens with zero attached hydrogens (tertiary/aromatic N) is 1. The molecule has 1 fully saturated rings. The molecule has 1 N–H and O–H groups in total. The van der Waals surface area contributed by atoms with Crippen molar-refractivity contribution < 1.29 is 13.6 Å². The maximum atomic E-state index is 13.1. The Bertz CT molecular complexity index is 725. The summed E-state index contributed by atoms with van der Waals surface area (Å²) in [6.45, 7) is 2.76. The van der Waals surface area contributed by atoms with E-state index in [2.05, 4.69) is 34.5 Å². The monoisotopic (exact) mass is 344 g/mol. The number of nitrogens with one attached hydrogen (secondary N) is 1. The van der Waals surface area contributed by atoms with E-state index in [0.29, 0.717) is 6.54 Å². The normalized spacial score (nSPS) is 13.9. The van der Waals surface area contributed by atoms with Gasteiger partial charge in [-0.25, -0.2) is 8.78 Å². The van der Waals surface area contributed by atoms with E-state index in [1.165, 1.54) is 30.2 Å². The molecule has 3 nitrogen and oxygen atoms in total. The zero-order valence-corrected chi connectivity index (χ0v) is 14.1. The zero-order chi connectivity index (χ0) is 17.6. The van der Waals surface area contributed by atoms with Crippen LogP contribution in [0, 0.1) is 11.6 Å². The number of hydrogen-bond acceptors (Lipinski definition) is 2. The number of rotatable bonds is 6. The van der Waals surface area contributed by atoms with Crippen molar-refractivity contribution in [3.8, 4) is 0 Å². The molecule has 0 atom stereocenters. The van der Waals surface area contributed by atoms with Crippen LogP contribution in [-0.4, -0.2) is 25.5 Å². The summed E-state index contributed by atoms with van der Waals surface area (Å²) in [6, 6.07) is 11.7. The Morgan fingerprint density at radius 2 is 1.72 bits per heavy atom. The molecule has 2 aromatic rings. The minimum atomic E-state index is -1.01. The van der Waals surface area contributed by atoms with E-state index < -0.39 is 11.6 Å². The number of carbonyl (C=O) groups is 1. The predicted octanol–water partition coefficient (Wildman–Crippen LogP) is 3.93. The molecule has 3 rings (SSSR count). The number of anilines is 1. The van der Waals surface area contributed by atoms with Gasteiger partial charge in [-0.15, -0.1) is 0 Å². The van der Waals surface area contributed by atoms with Gasteiger partial charge in [0.25, 0.3) is 5.91 Å². The highest BCUT2D eigenvalue weighted by Crippen LogP contribution is 2.20. The summed E-state index contributed by atoms with van der Waals surface area (Å²) in [5, 5.41) is 2.74. The third kappa shape index (κ3) is 4.56. The van der Waals surface area contributed by atoms with Crippen LogP contribution in [-0.2, 0) is 6.42 Å². The third-order valence-corrected chi connectivity index (χ3v) is 4.52. The fourth-order valence-corrected chi connectivity index (χ4v) is 3.08. The van der Waals surface area contributed by atoms with Crippen LogP contribution >= 0.6 is 0 Å². The van der Waals surface area contributed by atoms with Gasteiger partial charge in [-0.3, -0.25) is 4.79 Å². The number of benzene rings is 2. The average molecular weight is 344 g/mol. The molecule has 0 aliphatic carbocycles. The van der Waals surface area contributed by atoms with Gasteiger partial charge in [0.1, 0.15) is 0 Å². The molecule has 0 radical (unpaired) electrons. The minimum Gasteiger partial charge on any atom is -0.372 e. The quantitative estimate of drug-likeness (QED) is 0.806. The van der Waals surface area contributed by atoms with Crippen molar-refractivity contribution in [3.05, 3.63) is 65.2 Å². The van der Waals surface area contributed by atoms with Crippen LogP contribution in [0.1, 0.15) is 35.2 Å². The van der Waals surface area contributed by atoms with Crippen molar-refractivity contribution in [2.75, 3.05) is 24.5 Å². The number of carbonyl (C=O) groups excluding carboxylic acids is 1. The fourth-order valence-electron chi connectivity index (χ4n) is 3.08. The van der Waals surface area contributed by atoms with Gasteiger partial charge in [0.15, 0.2) is 11.6 Å². The van der Waals surface area contributed by atoms with Crippen molar-refractivity contribution in [3.63, 3.8) is 0 Å². The van der Waals surface area contributed by atoms with Gasteiger partial charge in [-0.2, -0.15) is 0 Å². The van der Waals surface area contributed by atoms with Crippen LogP contribution in [0.25, 0.3) is 0 Å². The Kier molecular flexibility index (Phi) is 5.64. The highest BCUT2D eigenvalue weighted by atomic mass is 19.2. The van der Waals surface area contributed by atoms with Crippen molar-refractivity contribution in [1.29, 1.82) is 0 Å². The molecule has 5 heteroatoms. The Balaban J connectivity index is 1.43. The van der Waals surface area contributed by atoms with Gasteiger partial charge in [-0.1, -0.05) is 12.1 Å². The molecule has 132 valence electrons. The van der Waals surface area contributed by atoms with Gasteiger partial charge in [0.2, 0.25) is 0 Å². The molecule has 1 aliphatic heterocycles. The summed E-state index contributed by atoms with van der Waals surface area (Å²) in [4.78, 5) is 14.3. The Morgan fingerprint density at radius 3 is 2.40 bits per heavy atom. The molecular weight excluding hydrogens is 322 g/mol. The first-order valence-electron chi connectivity index (χ1n) is 8.70. The van der Waals surface area contributed by atoms with Crippen molar-refractivity contribution >= 4 is 11.6 Å². The summed E-state index contributed by atoms with van der Waals surface area (Å²) >= 11 is 0. The summed E-state index contributed by atoms with van der Waals surface area (Å²) in [5.74, 6) is -2.34. The van der Waals surface area contributed by atoms with Crippen molar-refractivity contribution in [2.45, 2.75) is 25.7 Å². The maximum absolute atomic E-state index is 13.1. The zero-order valence-electron chi connectivity index (χ0n) is 14.1. The van der Waals surface area contributed by atoms with Gasteiger partial charge < -0.3 is 10.2 Å². The van der Waals surface area contributed by atoms with E-state index in [0.717, 1.165) is 38.1 Å². The molecule has 0 aromatic heterocycles.